The van der Waals surface area contributed by atoms with Gasteiger partial charge in [0.25, 0.3) is 0 Å². The molecule has 0 aromatic heterocycles. The predicted molar refractivity (Wildman–Crippen MR) is 79.6 cm³/mol. The largest absolute Gasteiger partial charge is 0.480 e. The number of nitrogens with zero attached hydrogens (tertiary/aromatic N) is 1. The summed E-state index contributed by atoms with van der Waals surface area (Å²) >= 11 is 0. The molecule has 4 nitrogen and oxygen atoms in total. The first-order chi connectivity index (χ1) is 9.80. The van der Waals surface area contributed by atoms with Crippen LogP contribution < -0.4 is 0 Å². The van der Waals surface area contributed by atoms with E-state index in [4.69, 9.17) is 5.11 Å². The molecule has 3 rings (SSSR count). The van der Waals surface area contributed by atoms with E-state index in [2.05, 4.69) is 26.8 Å². The molecule has 0 spiro atoms. The van der Waals surface area contributed by atoms with Crippen molar-refractivity contribution in [2.75, 3.05) is 6.54 Å². The van der Waals surface area contributed by atoms with Crippen molar-refractivity contribution in [1.82, 2.24) is 4.90 Å². The van der Waals surface area contributed by atoms with Gasteiger partial charge in [0.05, 0.1) is 6.04 Å². The summed E-state index contributed by atoms with van der Waals surface area (Å²) in [4.78, 5) is 24.8. The first kappa shape index (κ1) is 14.4. The summed E-state index contributed by atoms with van der Waals surface area (Å²) in [6.07, 6.45) is 7.21. The summed E-state index contributed by atoms with van der Waals surface area (Å²) in [6.45, 7) is 6.38. The Morgan fingerprint density at radius 2 is 2.19 bits per heavy atom. The van der Waals surface area contributed by atoms with Crippen molar-refractivity contribution in [2.24, 2.45) is 17.3 Å². The van der Waals surface area contributed by atoms with E-state index in [1.165, 1.54) is 5.57 Å². The van der Waals surface area contributed by atoms with Gasteiger partial charge in [0.1, 0.15) is 6.54 Å². The Labute approximate surface area is 125 Å². The van der Waals surface area contributed by atoms with Crippen molar-refractivity contribution in [3.05, 3.63) is 23.3 Å². The Morgan fingerprint density at radius 3 is 2.86 bits per heavy atom. The molecule has 1 fully saturated rings. The van der Waals surface area contributed by atoms with Crippen molar-refractivity contribution >= 4 is 11.9 Å². The zero-order valence-electron chi connectivity index (χ0n) is 12.9. The highest BCUT2D eigenvalue weighted by Gasteiger charge is 2.53. The summed E-state index contributed by atoms with van der Waals surface area (Å²) in [5.41, 5.74) is 2.49. The first-order valence-electron chi connectivity index (χ1n) is 7.71. The zero-order valence-corrected chi connectivity index (χ0v) is 12.9. The van der Waals surface area contributed by atoms with Crippen molar-refractivity contribution in [3.8, 4) is 0 Å². The van der Waals surface area contributed by atoms with Crippen LogP contribution in [0.25, 0.3) is 0 Å². The molecule has 3 atom stereocenters. The third-order valence-corrected chi connectivity index (χ3v) is 5.56. The lowest BCUT2D eigenvalue weighted by atomic mass is 9.56. The maximum atomic E-state index is 12.2. The van der Waals surface area contributed by atoms with Crippen LogP contribution in [-0.4, -0.2) is 34.5 Å². The summed E-state index contributed by atoms with van der Waals surface area (Å²) in [5.74, 6) is -0.0560. The van der Waals surface area contributed by atoms with Gasteiger partial charge in [-0.2, -0.15) is 0 Å². The zero-order chi connectivity index (χ0) is 15.4. The van der Waals surface area contributed by atoms with E-state index in [0.29, 0.717) is 11.8 Å². The molecule has 4 heteroatoms. The molecular formula is C17H23NO3. The number of rotatable bonds is 2. The van der Waals surface area contributed by atoms with Gasteiger partial charge in [-0.3, -0.25) is 9.59 Å². The van der Waals surface area contributed by atoms with Gasteiger partial charge in [0.15, 0.2) is 0 Å². The lowest BCUT2D eigenvalue weighted by Crippen LogP contribution is -2.54. The van der Waals surface area contributed by atoms with Crippen LogP contribution in [0.2, 0.25) is 0 Å². The van der Waals surface area contributed by atoms with Crippen LogP contribution in [0.5, 0.6) is 0 Å². The molecule has 0 saturated heterocycles. The molecule has 0 unspecified atom stereocenters. The number of carboxylic acid groups (broad SMARTS) is 1. The van der Waals surface area contributed by atoms with E-state index >= 15 is 0 Å². The maximum absolute atomic E-state index is 12.2. The quantitative estimate of drug-likeness (QED) is 0.795. The van der Waals surface area contributed by atoms with E-state index in [9.17, 15) is 9.59 Å². The average Bonchev–Trinajstić information content (AvgIpc) is 2.65. The molecule has 0 aromatic carbocycles. The van der Waals surface area contributed by atoms with Crippen molar-refractivity contribution in [2.45, 2.75) is 46.1 Å². The monoisotopic (exact) mass is 289 g/mol. The van der Waals surface area contributed by atoms with Crippen LogP contribution in [-0.2, 0) is 9.59 Å². The first-order valence-corrected chi connectivity index (χ1v) is 7.71. The molecule has 21 heavy (non-hydrogen) atoms. The van der Waals surface area contributed by atoms with Gasteiger partial charge in [-0.25, -0.2) is 0 Å². The molecule has 114 valence electrons. The van der Waals surface area contributed by atoms with Crippen LogP contribution in [0.1, 0.15) is 40.0 Å². The van der Waals surface area contributed by atoms with Crippen molar-refractivity contribution in [3.63, 3.8) is 0 Å². The van der Waals surface area contributed by atoms with E-state index < -0.39 is 5.97 Å². The molecule has 0 radical (unpaired) electrons. The Balaban J connectivity index is 1.97. The van der Waals surface area contributed by atoms with Gasteiger partial charge < -0.3 is 10.0 Å². The predicted octanol–water partition coefficient (Wildman–Crippen LogP) is 2.61. The summed E-state index contributed by atoms with van der Waals surface area (Å²) in [7, 11) is 0. The molecule has 1 aliphatic heterocycles. The van der Waals surface area contributed by atoms with Gasteiger partial charge in [-0.1, -0.05) is 25.5 Å². The van der Waals surface area contributed by atoms with Crippen molar-refractivity contribution < 1.29 is 14.7 Å². The number of carboxylic acids is 1. The molecule has 1 saturated carbocycles. The lowest BCUT2D eigenvalue weighted by molar-refractivity contribution is -0.145. The Bertz CT molecular complexity index is 558. The van der Waals surface area contributed by atoms with Gasteiger partial charge in [-0.05, 0) is 49.0 Å². The Hall–Kier alpha value is -1.58. The maximum Gasteiger partial charge on any atom is 0.323 e. The highest BCUT2D eigenvalue weighted by atomic mass is 16.4. The number of aliphatic carboxylic acids is 1. The van der Waals surface area contributed by atoms with Gasteiger partial charge in [0, 0.05) is 6.08 Å². The van der Waals surface area contributed by atoms with Gasteiger partial charge >= 0.3 is 5.97 Å². The fraction of sp³-hybridized carbons (Fsp3) is 0.647. The second kappa shape index (κ2) is 4.72. The standard InChI is InChI=1S/C17H23NO3/c1-10-4-5-13-11(6-10)7-12-8-14(19)18(9-15(20)21)16(12)17(13,2)3/h6,8,11,13,16H,4-5,7,9H2,1-3H3,(H,20,21)/t11-,13-,16+/m0/s1. The second-order valence-corrected chi connectivity index (χ2v) is 7.33. The molecular weight excluding hydrogens is 266 g/mol. The topological polar surface area (TPSA) is 57.6 Å². The smallest absolute Gasteiger partial charge is 0.323 e. The molecule has 0 aromatic rings. The molecule has 1 amide bonds. The number of allylic oxidation sites excluding steroid dienone is 2. The minimum Gasteiger partial charge on any atom is -0.480 e. The van der Waals surface area contributed by atoms with Crippen LogP contribution in [0.4, 0.5) is 0 Å². The molecule has 0 bridgehead atoms. The minimum atomic E-state index is -0.935. The van der Waals surface area contributed by atoms with E-state index in [1.807, 2.05) is 0 Å². The normalized spacial score (nSPS) is 34.0. The fourth-order valence-electron chi connectivity index (χ4n) is 4.77. The summed E-state index contributed by atoms with van der Waals surface area (Å²) in [5, 5.41) is 9.09. The summed E-state index contributed by atoms with van der Waals surface area (Å²) < 4.78 is 0. The molecule has 1 N–H and O–H groups in total. The SMILES string of the molecule is CC1=C[C@H]2CC3=CC(=O)N(CC(=O)O)[C@H]3C(C)(C)[C@H]2CC1. The third-order valence-electron chi connectivity index (χ3n) is 5.56. The van der Waals surface area contributed by atoms with Crippen molar-refractivity contribution in [1.29, 1.82) is 0 Å². The number of amides is 1. The molecule has 2 aliphatic carbocycles. The van der Waals surface area contributed by atoms with Gasteiger partial charge in [-0.15, -0.1) is 0 Å². The van der Waals surface area contributed by atoms with Crippen LogP contribution in [0, 0.1) is 17.3 Å². The summed E-state index contributed by atoms with van der Waals surface area (Å²) in [6, 6.07) is -0.0471. The van der Waals surface area contributed by atoms with Crippen LogP contribution in [0.15, 0.2) is 23.3 Å². The van der Waals surface area contributed by atoms with Gasteiger partial charge in [0.2, 0.25) is 5.91 Å². The number of fused-ring (bicyclic) bond motifs is 2. The van der Waals surface area contributed by atoms with Crippen LogP contribution >= 0.6 is 0 Å². The Kier molecular flexibility index (Phi) is 3.23. The number of carbonyl (C=O) groups excluding carboxylic acids is 1. The van der Waals surface area contributed by atoms with E-state index in [-0.39, 0.29) is 23.9 Å². The minimum absolute atomic E-state index is 0.0471. The Morgan fingerprint density at radius 1 is 1.48 bits per heavy atom. The molecule has 3 aliphatic rings. The molecule has 1 heterocycles. The van der Waals surface area contributed by atoms with E-state index in [1.54, 1.807) is 11.0 Å². The number of carbonyl (C=O) groups is 2. The lowest BCUT2D eigenvalue weighted by Gasteiger charge is -2.52. The fourth-order valence-corrected chi connectivity index (χ4v) is 4.77. The number of hydrogen-bond acceptors (Lipinski definition) is 2. The highest BCUT2D eigenvalue weighted by molar-refractivity contribution is 5.94. The number of hydrogen-bond donors (Lipinski definition) is 1. The third kappa shape index (κ3) is 2.21. The van der Waals surface area contributed by atoms with E-state index in [0.717, 1.165) is 24.8 Å². The van der Waals surface area contributed by atoms with Crippen LogP contribution in [0.3, 0.4) is 0 Å². The average molecular weight is 289 g/mol. The highest BCUT2D eigenvalue weighted by Crippen LogP contribution is 2.54. The second-order valence-electron chi connectivity index (χ2n) is 7.33.